The molecular weight excluding hydrogens is 244 g/mol. The lowest BCUT2D eigenvalue weighted by molar-refractivity contribution is 0.543. The van der Waals surface area contributed by atoms with E-state index in [-0.39, 0.29) is 0 Å². The SMILES string of the molecule is CNC(CCc1ccccn1)c1cc(C)c(C)cc1C. The molecule has 2 aromatic rings. The first-order valence-corrected chi connectivity index (χ1v) is 7.26. The minimum absolute atomic E-state index is 0.385. The number of benzene rings is 1. The fourth-order valence-corrected chi connectivity index (χ4v) is 2.65. The average Bonchev–Trinajstić information content (AvgIpc) is 2.46. The second-order valence-corrected chi connectivity index (χ2v) is 5.49. The largest absolute Gasteiger partial charge is 0.313 e. The summed E-state index contributed by atoms with van der Waals surface area (Å²) < 4.78 is 0. The van der Waals surface area contributed by atoms with Gasteiger partial charge >= 0.3 is 0 Å². The van der Waals surface area contributed by atoms with Gasteiger partial charge in [-0.1, -0.05) is 18.2 Å². The summed E-state index contributed by atoms with van der Waals surface area (Å²) >= 11 is 0. The molecule has 1 unspecified atom stereocenters. The van der Waals surface area contributed by atoms with Crippen LogP contribution in [-0.4, -0.2) is 12.0 Å². The van der Waals surface area contributed by atoms with Gasteiger partial charge in [0.2, 0.25) is 0 Å². The number of hydrogen-bond acceptors (Lipinski definition) is 2. The summed E-state index contributed by atoms with van der Waals surface area (Å²) in [6.07, 6.45) is 3.93. The Labute approximate surface area is 122 Å². The Bertz CT molecular complexity index is 561. The summed E-state index contributed by atoms with van der Waals surface area (Å²) in [6.45, 7) is 6.56. The second kappa shape index (κ2) is 6.67. The van der Waals surface area contributed by atoms with E-state index in [0.29, 0.717) is 6.04 Å². The van der Waals surface area contributed by atoms with E-state index in [4.69, 9.17) is 0 Å². The molecule has 0 spiro atoms. The van der Waals surface area contributed by atoms with E-state index in [2.05, 4.69) is 55.3 Å². The van der Waals surface area contributed by atoms with Gasteiger partial charge in [-0.15, -0.1) is 0 Å². The lowest BCUT2D eigenvalue weighted by atomic mass is 9.93. The van der Waals surface area contributed by atoms with E-state index in [1.54, 1.807) is 0 Å². The Morgan fingerprint density at radius 1 is 1.05 bits per heavy atom. The summed E-state index contributed by atoms with van der Waals surface area (Å²) in [5, 5.41) is 3.45. The van der Waals surface area contributed by atoms with Crippen molar-refractivity contribution < 1.29 is 0 Å². The van der Waals surface area contributed by atoms with Crippen molar-refractivity contribution in [3.05, 3.63) is 64.5 Å². The number of aromatic nitrogens is 1. The molecular formula is C18H24N2. The van der Waals surface area contributed by atoms with Gasteiger partial charge in [0, 0.05) is 17.9 Å². The van der Waals surface area contributed by atoms with Crippen LogP contribution in [-0.2, 0) is 6.42 Å². The highest BCUT2D eigenvalue weighted by atomic mass is 14.9. The second-order valence-electron chi connectivity index (χ2n) is 5.49. The van der Waals surface area contributed by atoms with Crippen LogP contribution in [0.4, 0.5) is 0 Å². The van der Waals surface area contributed by atoms with E-state index >= 15 is 0 Å². The summed E-state index contributed by atoms with van der Waals surface area (Å²) in [6, 6.07) is 11.1. The number of nitrogens with one attached hydrogen (secondary N) is 1. The molecule has 1 heterocycles. The van der Waals surface area contributed by atoms with Crippen LogP contribution in [0.25, 0.3) is 0 Å². The maximum absolute atomic E-state index is 4.40. The zero-order valence-electron chi connectivity index (χ0n) is 12.9. The highest BCUT2D eigenvalue weighted by Crippen LogP contribution is 2.25. The lowest BCUT2D eigenvalue weighted by Crippen LogP contribution is -2.18. The number of aryl methyl sites for hydroxylation is 4. The normalized spacial score (nSPS) is 12.4. The van der Waals surface area contributed by atoms with Crippen molar-refractivity contribution in [2.75, 3.05) is 7.05 Å². The number of nitrogens with zero attached hydrogens (tertiary/aromatic N) is 1. The van der Waals surface area contributed by atoms with E-state index in [0.717, 1.165) is 18.5 Å². The van der Waals surface area contributed by atoms with Crippen LogP contribution < -0.4 is 5.32 Å². The summed E-state index contributed by atoms with van der Waals surface area (Å²) in [7, 11) is 2.04. The molecule has 1 aromatic carbocycles. The standard InChI is InChI=1S/C18H24N2/c1-13-11-15(3)17(12-14(13)2)18(19-4)9-8-16-7-5-6-10-20-16/h5-7,10-12,18-19H,8-9H2,1-4H3. The molecule has 0 fully saturated rings. The molecule has 0 saturated heterocycles. The molecule has 106 valence electrons. The quantitative estimate of drug-likeness (QED) is 0.889. The van der Waals surface area contributed by atoms with Crippen molar-refractivity contribution in [2.24, 2.45) is 0 Å². The number of pyridine rings is 1. The molecule has 0 bridgehead atoms. The van der Waals surface area contributed by atoms with Crippen LogP contribution in [0.5, 0.6) is 0 Å². The third kappa shape index (κ3) is 3.45. The summed E-state index contributed by atoms with van der Waals surface area (Å²) in [4.78, 5) is 4.40. The first-order chi connectivity index (χ1) is 9.61. The average molecular weight is 268 g/mol. The van der Waals surface area contributed by atoms with Gasteiger partial charge in [0.25, 0.3) is 0 Å². The van der Waals surface area contributed by atoms with Crippen molar-refractivity contribution in [2.45, 2.75) is 39.7 Å². The third-order valence-corrected chi connectivity index (χ3v) is 4.02. The van der Waals surface area contributed by atoms with Crippen molar-refractivity contribution in [1.82, 2.24) is 10.3 Å². The molecule has 0 aliphatic carbocycles. The first-order valence-electron chi connectivity index (χ1n) is 7.26. The minimum atomic E-state index is 0.385. The minimum Gasteiger partial charge on any atom is -0.313 e. The first kappa shape index (κ1) is 14.7. The van der Waals surface area contributed by atoms with Gasteiger partial charge in [-0.05, 0) is 75.0 Å². The Balaban J connectivity index is 2.14. The van der Waals surface area contributed by atoms with Crippen LogP contribution in [0.2, 0.25) is 0 Å². The lowest BCUT2D eigenvalue weighted by Gasteiger charge is -2.20. The molecule has 0 radical (unpaired) electrons. The topological polar surface area (TPSA) is 24.9 Å². The fraction of sp³-hybridized carbons (Fsp3) is 0.389. The van der Waals surface area contributed by atoms with Crippen LogP contribution in [0.3, 0.4) is 0 Å². The molecule has 0 aliphatic rings. The van der Waals surface area contributed by atoms with Gasteiger partial charge in [-0.25, -0.2) is 0 Å². The molecule has 20 heavy (non-hydrogen) atoms. The monoisotopic (exact) mass is 268 g/mol. The van der Waals surface area contributed by atoms with Gasteiger partial charge in [0.15, 0.2) is 0 Å². The zero-order chi connectivity index (χ0) is 14.5. The molecule has 2 rings (SSSR count). The summed E-state index contributed by atoms with van der Waals surface area (Å²) in [5.41, 5.74) is 6.67. The Morgan fingerprint density at radius 2 is 1.80 bits per heavy atom. The van der Waals surface area contributed by atoms with Crippen LogP contribution in [0.1, 0.15) is 40.4 Å². The zero-order valence-corrected chi connectivity index (χ0v) is 12.9. The molecule has 0 aliphatic heterocycles. The van der Waals surface area contributed by atoms with Gasteiger partial charge in [-0.3, -0.25) is 4.98 Å². The van der Waals surface area contributed by atoms with Crippen LogP contribution in [0.15, 0.2) is 36.5 Å². The van der Waals surface area contributed by atoms with Crippen molar-refractivity contribution >= 4 is 0 Å². The molecule has 2 nitrogen and oxygen atoms in total. The van der Waals surface area contributed by atoms with Crippen molar-refractivity contribution in [3.8, 4) is 0 Å². The predicted octanol–water partition coefficient (Wildman–Crippen LogP) is 3.90. The predicted molar refractivity (Wildman–Crippen MR) is 85.0 cm³/mol. The van der Waals surface area contributed by atoms with Gasteiger partial charge < -0.3 is 5.32 Å². The highest BCUT2D eigenvalue weighted by Gasteiger charge is 2.13. The smallest absolute Gasteiger partial charge is 0.0404 e. The number of hydrogen-bond donors (Lipinski definition) is 1. The van der Waals surface area contributed by atoms with E-state index in [1.165, 1.54) is 22.3 Å². The Kier molecular flexibility index (Phi) is 4.91. The van der Waals surface area contributed by atoms with E-state index in [9.17, 15) is 0 Å². The molecule has 1 aromatic heterocycles. The molecule has 0 saturated carbocycles. The van der Waals surface area contributed by atoms with Gasteiger partial charge in [-0.2, -0.15) is 0 Å². The Morgan fingerprint density at radius 3 is 2.45 bits per heavy atom. The van der Waals surface area contributed by atoms with Crippen LogP contribution in [0, 0.1) is 20.8 Å². The highest BCUT2D eigenvalue weighted by molar-refractivity contribution is 5.38. The third-order valence-electron chi connectivity index (χ3n) is 4.02. The molecule has 0 amide bonds. The summed E-state index contributed by atoms with van der Waals surface area (Å²) in [5.74, 6) is 0. The van der Waals surface area contributed by atoms with Gasteiger partial charge in [0.05, 0.1) is 0 Å². The molecule has 2 heteroatoms. The number of rotatable bonds is 5. The van der Waals surface area contributed by atoms with Crippen LogP contribution >= 0.6 is 0 Å². The van der Waals surface area contributed by atoms with Crippen molar-refractivity contribution in [3.63, 3.8) is 0 Å². The maximum Gasteiger partial charge on any atom is 0.0404 e. The van der Waals surface area contributed by atoms with E-state index in [1.807, 2.05) is 19.3 Å². The van der Waals surface area contributed by atoms with Gasteiger partial charge in [0.1, 0.15) is 0 Å². The van der Waals surface area contributed by atoms with E-state index < -0.39 is 0 Å². The molecule has 1 N–H and O–H groups in total. The fourth-order valence-electron chi connectivity index (χ4n) is 2.65. The van der Waals surface area contributed by atoms with Crippen molar-refractivity contribution in [1.29, 1.82) is 0 Å². The molecule has 1 atom stereocenters. The maximum atomic E-state index is 4.40. The Hall–Kier alpha value is -1.67.